The monoisotopic (exact) mass is 160 g/mol. The van der Waals surface area contributed by atoms with Crippen LogP contribution in [0.25, 0.3) is 5.57 Å². The smallest absolute Gasteiger partial charge is 0.115 e. The van der Waals surface area contributed by atoms with Crippen LogP contribution in [-0.2, 0) is 6.42 Å². The zero-order valence-corrected chi connectivity index (χ0v) is 7.01. The van der Waals surface area contributed by atoms with Gasteiger partial charge in [0.25, 0.3) is 0 Å². The first-order chi connectivity index (χ1) is 5.77. The zero-order valence-electron chi connectivity index (χ0n) is 7.01. The Morgan fingerprint density at radius 2 is 2.08 bits per heavy atom. The van der Waals surface area contributed by atoms with Gasteiger partial charge in [0.1, 0.15) is 5.75 Å². The summed E-state index contributed by atoms with van der Waals surface area (Å²) in [4.78, 5) is 0. The fourth-order valence-electron chi connectivity index (χ4n) is 1.76. The van der Waals surface area contributed by atoms with Crippen LogP contribution in [0, 0.1) is 0 Å². The van der Waals surface area contributed by atoms with Gasteiger partial charge in [-0.2, -0.15) is 0 Å². The topological polar surface area (TPSA) is 20.2 Å². The van der Waals surface area contributed by atoms with Crippen molar-refractivity contribution in [3.8, 4) is 5.75 Å². The zero-order chi connectivity index (χ0) is 8.55. The fraction of sp³-hybridized carbons (Fsp3) is 0.273. The summed E-state index contributed by atoms with van der Waals surface area (Å²) in [6.07, 6.45) is 3.33. The van der Waals surface area contributed by atoms with E-state index in [9.17, 15) is 5.11 Å². The van der Waals surface area contributed by atoms with Crippen LogP contribution in [0.1, 0.15) is 24.0 Å². The minimum atomic E-state index is 0.364. The lowest BCUT2D eigenvalue weighted by Gasteiger charge is -2.17. The lowest BCUT2D eigenvalue weighted by atomic mass is 9.88. The van der Waals surface area contributed by atoms with Gasteiger partial charge in [0.15, 0.2) is 0 Å². The summed E-state index contributed by atoms with van der Waals surface area (Å²) in [6, 6.07) is 5.54. The molecule has 1 aliphatic carbocycles. The molecule has 0 fully saturated rings. The third-order valence-electron chi connectivity index (χ3n) is 2.39. The molecule has 2 rings (SSSR count). The lowest BCUT2D eigenvalue weighted by molar-refractivity contribution is 0.474. The first kappa shape index (κ1) is 7.41. The van der Waals surface area contributed by atoms with Crippen molar-refractivity contribution in [1.29, 1.82) is 0 Å². The van der Waals surface area contributed by atoms with Crippen LogP contribution in [0.3, 0.4) is 0 Å². The molecule has 12 heavy (non-hydrogen) atoms. The summed E-state index contributed by atoms with van der Waals surface area (Å²) in [5.74, 6) is 0.364. The predicted octanol–water partition coefficient (Wildman–Crippen LogP) is 2.74. The number of aryl methyl sites for hydroxylation is 1. The third kappa shape index (κ3) is 1.11. The summed E-state index contributed by atoms with van der Waals surface area (Å²) in [5.41, 5.74) is 3.68. The molecule has 0 spiro atoms. The Bertz CT molecular complexity index is 326. The highest BCUT2D eigenvalue weighted by Crippen LogP contribution is 2.31. The summed E-state index contributed by atoms with van der Waals surface area (Å²) in [6.45, 7) is 4.00. The SMILES string of the molecule is C=C1CCCc2cc(O)ccc21. The normalized spacial score (nSPS) is 15.8. The number of allylic oxidation sites excluding steroid dienone is 1. The van der Waals surface area contributed by atoms with Gasteiger partial charge in [-0.1, -0.05) is 12.6 Å². The molecule has 1 aromatic rings. The molecular weight excluding hydrogens is 148 g/mol. The molecule has 0 unspecified atom stereocenters. The molecule has 0 saturated carbocycles. The molecule has 0 saturated heterocycles. The predicted molar refractivity (Wildman–Crippen MR) is 50.1 cm³/mol. The van der Waals surface area contributed by atoms with E-state index >= 15 is 0 Å². The van der Waals surface area contributed by atoms with Gasteiger partial charge >= 0.3 is 0 Å². The number of phenolic OH excluding ortho intramolecular Hbond substituents is 1. The minimum Gasteiger partial charge on any atom is -0.508 e. The van der Waals surface area contributed by atoms with Crippen molar-refractivity contribution in [2.24, 2.45) is 0 Å². The van der Waals surface area contributed by atoms with E-state index in [1.165, 1.54) is 16.7 Å². The largest absolute Gasteiger partial charge is 0.508 e. The van der Waals surface area contributed by atoms with Crippen LogP contribution in [0.4, 0.5) is 0 Å². The Kier molecular flexibility index (Phi) is 1.65. The van der Waals surface area contributed by atoms with Gasteiger partial charge in [-0.15, -0.1) is 0 Å². The van der Waals surface area contributed by atoms with Crippen LogP contribution in [0.2, 0.25) is 0 Å². The third-order valence-corrected chi connectivity index (χ3v) is 2.39. The van der Waals surface area contributed by atoms with Crippen molar-refractivity contribution in [3.63, 3.8) is 0 Å². The molecule has 0 amide bonds. The Labute approximate surface area is 72.4 Å². The molecular formula is C11H12O. The highest BCUT2D eigenvalue weighted by Gasteiger charge is 2.11. The molecule has 0 radical (unpaired) electrons. The van der Waals surface area contributed by atoms with Crippen molar-refractivity contribution in [3.05, 3.63) is 35.9 Å². The average Bonchev–Trinajstić information content (AvgIpc) is 2.04. The molecule has 0 bridgehead atoms. The van der Waals surface area contributed by atoms with Crippen molar-refractivity contribution < 1.29 is 5.11 Å². The van der Waals surface area contributed by atoms with E-state index in [2.05, 4.69) is 6.58 Å². The minimum absolute atomic E-state index is 0.364. The van der Waals surface area contributed by atoms with E-state index in [-0.39, 0.29) is 0 Å². The van der Waals surface area contributed by atoms with Gasteiger partial charge in [-0.25, -0.2) is 0 Å². The highest BCUT2D eigenvalue weighted by atomic mass is 16.3. The summed E-state index contributed by atoms with van der Waals surface area (Å²) in [5, 5.41) is 9.24. The van der Waals surface area contributed by atoms with E-state index < -0.39 is 0 Å². The van der Waals surface area contributed by atoms with Crippen molar-refractivity contribution >= 4 is 5.57 Å². The van der Waals surface area contributed by atoms with E-state index in [4.69, 9.17) is 0 Å². The molecule has 0 heterocycles. The van der Waals surface area contributed by atoms with Crippen molar-refractivity contribution in [2.75, 3.05) is 0 Å². The van der Waals surface area contributed by atoms with Gasteiger partial charge in [-0.05, 0) is 48.1 Å². The maximum atomic E-state index is 9.24. The number of rotatable bonds is 0. The van der Waals surface area contributed by atoms with Gasteiger partial charge in [0.05, 0.1) is 0 Å². The van der Waals surface area contributed by atoms with E-state index in [1.54, 1.807) is 6.07 Å². The van der Waals surface area contributed by atoms with Crippen LogP contribution in [0.5, 0.6) is 5.75 Å². The molecule has 1 aromatic carbocycles. The summed E-state index contributed by atoms with van der Waals surface area (Å²) in [7, 11) is 0. The van der Waals surface area contributed by atoms with E-state index in [0.717, 1.165) is 19.3 Å². The van der Waals surface area contributed by atoms with Crippen LogP contribution < -0.4 is 0 Å². The Hall–Kier alpha value is -1.24. The van der Waals surface area contributed by atoms with Gasteiger partial charge in [0, 0.05) is 0 Å². The Morgan fingerprint density at radius 3 is 2.92 bits per heavy atom. The Balaban J connectivity index is 2.53. The fourth-order valence-corrected chi connectivity index (χ4v) is 1.76. The molecule has 1 nitrogen and oxygen atoms in total. The number of fused-ring (bicyclic) bond motifs is 1. The molecule has 62 valence electrons. The molecule has 0 atom stereocenters. The first-order valence-electron chi connectivity index (χ1n) is 4.27. The second kappa shape index (κ2) is 2.67. The van der Waals surface area contributed by atoms with E-state index in [0.29, 0.717) is 5.75 Å². The maximum Gasteiger partial charge on any atom is 0.115 e. The number of phenols is 1. The standard InChI is InChI=1S/C11H12O/c1-8-3-2-4-9-7-10(12)5-6-11(8)9/h5-7,12H,1-4H2. The van der Waals surface area contributed by atoms with Crippen LogP contribution >= 0.6 is 0 Å². The molecule has 1 aliphatic rings. The van der Waals surface area contributed by atoms with Crippen LogP contribution in [-0.4, -0.2) is 5.11 Å². The quantitative estimate of drug-likeness (QED) is 0.618. The second-order valence-electron chi connectivity index (χ2n) is 3.30. The molecule has 0 aromatic heterocycles. The summed E-state index contributed by atoms with van der Waals surface area (Å²) >= 11 is 0. The second-order valence-corrected chi connectivity index (χ2v) is 3.30. The summed E-state index contributed by atoms with van der Waals surface area (Å²) < 4.78 is 0. The number of benzene rings is 1. The number of aromatic hydroxyl groups is 1. The maximum absolute atomic E-state index is 9.24. The lowest BCUT2D eigenvalue weighted by Crippen LogP contribution is -1.99. The van der Waals surface area contributed by atoms with Gasteiger partial charge in [-0.3, -0.25) is 0 Å². The molecule has 1 heteroatoms. The Morgan fingerprint density at radius 1 is 1.25 bits per heavy atom. The number of hydrogen-bond donors (Lipinski definition) is 1. The highest BCUT2D eigenvalue weighted by molar-refractivity contribution is 5.68. The number of hydrogen-bond acceptors (Lipinski definition) is 1. The molecule has 1 N–H and O–H groups in total. The molecule has 0 aliphatic heterocycles. The average molecular weight is 160 g/mol. The van der Waals surface area contributed by atoms with Crippen molar-refractivity contribution in [1.82, 2.24) is 0 Å². The first-order valence-corrected chi connectivity index (χ1v) is 4.27. The van der Waals surface area contributed by atoms with Crippen LogP contribution in [0.15, 0.2) is 24.8 Å². The van der Waals surface area contributed by atoms with Gasteiger partial charge < -0.3 is 5.11 Å². The van der Waals surface area contributed by atoms with Gasteiger partial charge in [0.2, 0.25) is 0 Å². The van der Waals surface area contributed by atoms with E-state index in [1.807, 2.05) is 12.1 Å². The van der Waals surface area contributed by atoms with Crippen molar-refractivity contribution in [2.45, 2.75) is 19.3 Å².